The predicted octanol–water partition coefficient (Wildman–Crippen LogP) is 5.85. The Morgan fingerprint density at radius 3 is 1.74 bits per heavy atom. The van der Waals surface area contributed by atoms with Crippen molar-refractivity contribution in [3.63, 3.8) is 0 Å². The van der Waals surface area contributed by atoms with Crippen molar-refractivity contribution in [1.82, 2.24) is 0 Å². The molecule has 0 aliphatic carbocycles. The molecule has 0 bridgehead atoms. The summed E-state index contributed by atoms with van der Waals surface area (Å²) in [5.74, 6) is -0.722. The molecule has 3 aromatic carbocycles. The molecule has 138 valence electrons. The molecule has 2 nitrogen and oxygen atoms in total. The van der Waals surface area contributed by atoms with Crippen LogP contribution in [-0.2, 0) is 4.79 Å². The van der Waals surface area contributed by atoms with Crippen molar-refractivity contribution in [3.05, 3.63) is 101 Å². The van der Waals surface area contributed by atoms with Gasteiger partial charge in [0.1, 0.15) is 5.82 Å². The highest BCUT2D eigenvalue weighted by atomic mass is 19.1. The molecule has 0 saturated carbocycles. The summed E-state index contributed by atoms with van der Waals surface area (Å²) in [7, 11) is 0. The van der Waals surface area contributed by atoms with Gasteiger partial charge in [-0.2, -0.15) is 0 Å². The van der Waals surface area contributed by atoms with E-state index in [0.717, 1.165) is 22.3 Å². The number of rotatable bonds is 5. The molecule has 0 aliphatic heterocycles. The molecule has 3 aromatic rings. The molecular formula is C24H24FNO. The lowest BCUT2D eigenvalue weighted by atomic mass is 9.81. The average Bonchev–Trinajstić information content (AvgIpc) is 2.66. The van der Waals surface area contributed by atoms with E-state index in [4.69, 9.17) is 0 Å². The van der Waals surface area contributed by atoms with Crippen LogP contribution in [0.2, 0.25) is 0 Å². The van der Waals surface area contributed by atoms with E-state index in [2.05, 4.69) is 29.6 Å². The first-order valence-corrected chi connectivity index (χ1v) is 9.15. The van der Waals surface area contributed by atoms with E-state index in [1.54, 1.807) is 0 Å². The SMILES string of the molecule is Cc1cc(F)cc(C)c1NC(=O)C(C)C(c1ccccc1)c1ccccc1. The maximum atomic E-state index is 13.6. The Hall–Kier alpha value is -2.94. The summed E-state index contributed by atoms with van der Waals surface area (Å²) >= 11 is 0. The number of carbonyl (C=O) groups excluding carboxylic acids is 1. The van der Waals surface area contributed by atoms with Gasteiger partial charge in [0.25, 0.3) is 0 Å². The van der Waals surface area contributed by atoms with Gasteiger partial charge in [-0.25, -0.2) is 4.39 Å². The number of hydrogen-bond acceptors (Lipinski definition) is 1. The Bertz CT molecular complexity index is 859. The Labute approximate surface area is 160 Å². The standard InChI is InChI=1S/C24H24FNO/c1-16-14-21(25)15-17(2)23(16)26-24(27)18(3)22(19-10-6-4-7-11-19)20-12-8-5-9-13-20/h4-15,18,22H,1-3H3,(H,26,27). The van der Waals surface area contributed by atoms with Crippen LogP contribution in [0.3, 0.4) is 0 Å². The molecule has 0 heterocycles. The molecule has 27 heavy (non-hydrogen) atoms. The van der Waals surface area contributed by atoms with Gasteiger partial charge in [-0.05, 0) is 48.2 Å². The summed E-state index contributed by atoms with van der Waals surface area (Å²) in [6.07, 6.45) is 0. The normalized spacial score (nSPS) is 12.0. The molecule has 0 spiro atoms. The van der Waals surface area contributed by atoms with E-state index >= 15 is 0 Å². The topological polar surface area (TPSA) is 29.1 Å². The molecule has 0 radical (unpaired) electrons. The maximum absolute atomic E-state index is 13.6. The number of amides is 1. The van der Waals surface area contributed by atoms with Crippen LogP contribution in [0.1, 0.15) is 35.1 Å². The Morgan fingerprint density at radius 2 is 1.30 bits per heavy atom. The van der Waals surface area contributed by atoms with Gasteiger partial charge >= 0.3 is 0 Å². The second-order valence-corrected chi connectivity index (χ2v) is 6.99. The van der Waals surface area contributed by atoms with Crippen LogP contribution in [0.4, 0.5) is 10.1 Å². The molecule has 3 heteroatoms. The lowest BCUT2D eigenvalue weighted by Crippen LogP contribution is -2.27. The summed E-state index contributed by atoms with van der Waals surface area (Å²) in [6.45, 7) is 5.55. The minimum atomic E-state index is -0.293. The van der Waals surface area contributed by atoms with Crippen LogP contribution >= 0.6 is 0 Å². The second-order valence-electron chi connectivity index (χ2n) is 6.99. The molecular weight excluding hydrogens is 337 g/mol. The number of benzene rings is 3. The highest BCUT2D eigenvalue weighted by Crippen LogP contribution is 2.33. The largest absolute Gasteiger partial charge is 0.325 e. The van der Waals surface area contributed by atoms with Gasteiger partial charge in [0.05, 0.1) is 0 Å². The lowest BCUT2D eigenvalue weighted by Gasteiger charge is -2.25. The Morgan fingerprint density at radius 1 is 0.852 bits per heavy atom. The highest BCUT2D eigenvalue weighted by molar-refractivity contribution is 5.94. The van der Waals surface area contributed by atoms with Crippen LogP contribution in [0, 0.1) is 25.6 Å². The van der Waals surface area contributed by atoms with Crippen molar-refractivity contribution >= 4 is 11.6 Å². The first kappa shape index (κ1) is 18.8. The zero-order valence-electron chi connectivity index (χ0n) is 15.9. The van der Waals surface area contributed by atoms with E-state index in [-0.39, 0.29) is 23.6 Å². The van der Waals surface area contributed by atoms with E-state index in [9.17, 15) is 9.18 Å². The summed E-state index contributed by atoms with van der Waals surface area (Å²) < 4.78 is 13.6. The van der Waals surface area contributed by atoms with Gasteiger partial charge in [-0.1, -0.05) is 67.6 Å². The van der Waals surface area contributed by atoms with Crippen molar-refractivity contribution in [2.24, 2.45) is 5.92 Å². The molecule has 3 rings (SSSR count). The minimum Gasteiger partial charge on any atom is -0.325 e. The van der Waals surface area contributed by atoms with Crippen molar-refractivity contribution in [2.45, 2.75) is 26.7 Å². The van der Waals surface area contributed by atoms with E-state index in [0.29, 0.717) is 5.69 Å². The summed E-state index contributed by atoms with van der Waals surface area (Å²) in [4.78, 5) is 13.1. The quantitative estimate of drug-likeness (QED) is 0.607. The fourth-order valence-electron chi connectivity index (χ4n) is 3.59. The van der Waals surface area contributed by atoms with Crippen LogP contribution in [0.25, 0.3) is 0 Å². The van der Waals surface area contributed by atoms with Crippen LogP contribution in [0.5, 0.6) is 0 Å². The lowest BCUT2D eigenvalue weighted by molar-refractivity contribution is -0.119. The van der Waals surface area contributed by atoms with Gasteiger partial charge in [0.2, 0.25) is 5.91 Å². The molecule has 1 amide bonds. The van der Waals surface area contributed by atoms with E-state index in [1.807, 2.05) is 57.2 Å². The number of aryl methyl sites for hydroxylation is 2. The highest BCUT2D eigenvalue weighted by Gasteiger charge is 2.27. The third kappa shape index (κ3) is 4.25. The van der Waals surface area contributed by atoms with Crippen molar-refractivity contribution in [1.29, 1.82) is 0 Å². The predicted molar refractivity (Wildman–Crippen MR) is 108 cm³/mol. The van der Waals surface area contributed by atoms with Gasteiger partial charge in [-0.3, -0.25) is 4.79 Å². The summed E-state index contributed by atoms with van der Waals surface area (Å²) in [6, 6.07) is 23.0. The average molecular weight is 361 g/mol. The molecule has 1 N–H and O–H groups in total. The number of carbonyl (C=O) groups is 1. The zero-order valence-corrected chi connectivity index (χ0v) is 15.9. The Balaban J connectivity index is 1.93. The fourth-order valence-corrected chi connectivity index (χ4v) is 3.59. The third-order valence-corrected chi connectivity index (χ3v) is 4.98. The molecule has 1 unspecified atom stereocenters. The first-order valence-electron chi connectivity index (χ1n) is 9.15. The monoisotopic (exact) mass is 361 g/mol. The van der Waals surface area contributed by atoms with Crippen molar-refractivity contribution < 1.29 is 9.18 Å². The maximum Gasteiger partial charge on any atom is 0.228 e. The molecule has 0 aliphatic rings. The number of nitrogens with one attached hydrogen (secondary N) is 1. The van der Waals surface area contributed by atoms with Gasteiger partial charge in [-0.15, -0.1) is 0 Å². The number of hydrogen-bond donors (Lipinski definition) is 1. The zero-order chi connectivity index (χ0) is 19.4. The van der Waals surface area contributed by atoms with Crippen molar-refractivity contribution in [3.8, 4) is 0 Å². The smallest absolute Gasteiger partial charge is 0.228 e. The van der Waals surface area contributed by atoms with Gasteiger partial charge < -0.3 is 5.32 Å². The number of halogens is 1. The van der Waals surface area contributed by atoms with Crippen LogP contribution < -0.4 is 5.32 Å². The van der Waals surface area contributed by atoms with Gasteiger partial charge in [0.15, 0.2) is 0 Å². The molecule has 1 atom stereocenters. The fraction of sp³-hybridized carbons (Fsp3) is 0.208. The van der Waals surface area contributed by atoms with Gasteiger partial charge in [0, 0.05) is 17.5 Å². The molecule has 0 saturated heterocycles. The van der Waals surface area contributed by atoms with Crippen molar-refractivity contribution in [2.75, 3.05) is 5.32 Å². The Kier molecular flexibility index (Phi) is 5.70. The molecule has 0 fully saturated rings. The number of anilines is 1. The van der Waals surface area contributed by atoms with Crippen LogP contribution in [0.15, 0.2) is 72.8 Å². The second kappa shape index (κ2) is 8.17. The summed E-state index contributed by atoms with van der Waals surface area (Å²) in [5, 5.41) is 3.02. The summed E-state index contributed by atoms with van der Waals surface area (Å²) in [5.41, 5.74) is 4.33. The minimum absolute atomic E-state index is 0.0616. The first-order chi connectivity index (χ1) is 13.0. The van der Waals surface area contributed by atoms with Crippen LogP contribution in [-0.4, -0.2) is 5.91 Å². The molecule has 0 aromatic heterocycles. The third-order valence-electron chi connectivity index (χ3n) is 4.98. The van der Waals surface area contributed by atoms with E-state index in [1.165, 1.54) is 12.1 Å². The van der Waals surface area contributed by atoms with E-state index < -0.39 is 0 Å².